The minimum absolute atomic E-state index is 0.664. The molecule has 31 heavy (non-hydrogen) atoms. The molecule has 0 bridgehead atoms. The second-order valence-corrected chi connectivity index (χ2v) is 8.94. The number of thiazole rings is 1. The van der Waals surface area contributed by atoms with E-state index in [9.17, 15) is 4.55 Å². The molecule has 0 fully saturated rings. The quantitative estimate of drug-likeness (QED) is 0.313. The van der Waals surface area contributed by atoms with Gasteiger partial charge in [-0.05, 0) is 54.6 Å². The van der Waals surface area contributed by atoms with Crippen LogP contribution in [0.4, 0.5) is 5.69 Å². The lowest BCUT2D eigenvalue weighted by molar-refractivity contribution is 0.482. The SMILES string of the molecule is [O-][S+](Nc1cccc(-c2nc3ccncc3s2)c1)c1ccc(Oc2ccccc2)cc1. The first-order valence-electron chi connectivity index (χ1n) is 9.57. The maximum absolute atomic E-state index is 12.8. The number of aromatic nitrogens is 2. The summed E-state index contributed by atoms with van der Waals surface area (Å²) in [6.07, 6.45) is 3.56. The highest BCUT2D eigenvalue weighted by Gasteiger charge is 2.13. The van der Waals surface area contributed by atoms with Gasteiger partial charge in [0.25, 0.3) is 0 Å². The second kappa shape index (κ2) is 8.77. The van der Waals surface area contributed by atoms with E-state index in [1.165, 1.54) is 0 Å². The Hall–Kier alpha value is -3.39. The number of rotatable bonds is 6. The van der Waals surface area contributed by atoms with E-state index in [1.54, 1.807) is 29.7 Å². The van der Waals surface area contributed by atoms with E-state index in [2.05, 4.69) is 14.7 Å². The molecule has 2 aromatic heterocycles. The standard InChI is InChI=1S/C24H17N3O2S2/c28-31(21-11-9-20(10-12-21)29-19-7-2-1-3-8-19)27-18-6-4-5-17(15-18)24-26-22-13-14-25-16-23(22)30-24/h1-16,27H. The van der Waals surface area contributed by atoms with Gasteiger partial charge in [-0.25, -0.2) is 9.71 Å². The van der Waals surface area contributed by atoms with Gasteiger partial charge in [-0.3, -0.25) is 4.98 Å². The first kappa shape index (κ1) is 19.6. The molecule has 1 N–H and O–H groups in total. The fraction of sp³-hybridized carbons (Fsp3) is 0. The maximum Gasteiger partial charge on any atom is 0.180 e. The van der Waals surface area contributed by atoms with Gasteiger partial charge < -0.3 is 9.29 Å². The van der Waals surface area contributed by atoms with Crippen LogP contribution in [0.3, 0.4) is 0 Å². The van der Waals surface area contributed by atoms with Crippen LogP contribution >= 0.6 is 11.3 Å². The summed E-state index contributed by atoms with van der Waals surface area (Å²) < 4.78 is 22.7. The van der Waals surface area contributed by atoms with Crippen molar-refractivity contribution in [2.75, 3.05) is 4.72 Å². The predicted molar refractivity (Wildman–Crippen MR) is 126 cm³/mol. The zero-order valence-electron chi connectivity index (χ0n) is 16.3. The molecule has 5 aromatic rings. The van der Waals surface area contributed by atoms with E-state index in [0.29, 0.717) is 10.6 Å². The van der Waals surface area contributed by atoms with Gasteiger partial charge in [0.15, 0.2) is 4.90 Å². The number of fused-ring (bicyclic) bond motifs is 1. The van der Waals surface area contributed by atoms with Gasteiger partial charge in [0.2, 0.25) is 0 Å². The monoisotopic (exact) mass is 443 g/mol. The topological polar surface area (TPSA) is 70.1 Å². The molecule has 3 aromatic carbocycles. The molecule has 0 amide bonds. The molecule has 2 heterocycles. The van der Waals surface area contributed by atoms with Gasteiger partial charge in [0.05, 0.1) is 15.9 Å². The van der Waals surface area contributed by atoms with Gasteiger partial charge in [-0.2, -0.15) is 0 Å². The molecular weight excluding hydrogens is 426 g/mol. The molecule has 1 unspecified atom stereocenters. The van der Waals surface area contributed by atoms with Crippen molar-refractivity contribution in [3.05, 3.63) is 97.3 Å². The number of nitrogens with one attached hydrogen (secondary N) is 1. The van der Waals surface area contributed by atoms with Crippen LogP contribution in [0.5, 0.6) is 11.5 Å². The van der Waals surface area contributed by atoms with Gasteiger partial charge in [-0.1, -0.05) is 30.3 Å². The molecule has 5 rings (SSSR count). The molecule has 1 atom stereocenters. The summed E-state index contributed by atoms with van der Waals surface area (Å²) in [6.45, 7) is 0. The van der Waals surface area contributed by atoms with Gasteiger partial charge >= 0.3 is 0 Å². The zero-order valence-corrected chi connectivity index (χ0v) is 17.9. The smallest absolute Gasteiger partial charge is 0.180 e. The number of benzene rings is 3. The number of anilines is 1. The van der Waals surface area contributed by atoms with E-state index in [0.717, 1.165) is 32.2 Å². The van der Waals surface area contributed by atoms with Crippen molar-refractivity contribution in [3.8, 4) is 22.1 Å². The van der Waals surface area contributed by atoms with Crippen molar-refractivity contribution >= 4 is 38.6 Å². The van der Waals surface area contributed by atoms with Crippen molar-refractivity contribution in [1.29, 1.82) is 0 Å². The summed E-state index contributed by atoms with van der Waals surface area (Å²) in [5.74, 6) is 1.45. The lowest BCUT2D eigenvalue weighted by Gasteiger charge is -2.12. The Kier molecular flexibility index (Phi) is 5.54. The van der Waals surface area contributed by atoms with Gasteiger partial charge in [0.1, 0.15) is 27.9 Å². The number of ether oxygens (including phenoxy) is 1. The Balaban J connectivity index is 1.30. The normalized spacial score (nSPS) is 11.9. The number of para-hydroxylation sites is 1. The lowest BCUT2D eigenvalue weighted by atomic mass is 10.2. The first-order chi connectivity index (χ1) is 15.2. The van der Waals surface area contributed by atoms with Crippen LogP contribution in [-0.2, 0) is 11.4 Å². The Bertz CT molecular complexity index is 1270. The number of pyridine rings is 1. The zero-order chi connectivity index (χ0) is 21.0. The fourth-order valence-electron chi connectivity index (χ4n) is 3.04. The average molecular weight is 444 g/mol. The summed E-state index contributed by atoms with van der Waals surface area (Å²) in [5, 5.41) is 0.903. The summed E-state index contributed by atoms with van der Waals surface area (Å²) in [6, 6.07) is 26.4. The third kappa shape index (κ3) is 4.54. The van der Waals surface area contributed by atoms with Crippen LogP contribution < -0.4 is 9.46 Å². The largest absolute Gasteiger partial charge is 0.588 e. The van der Waals surface area contributed by atoms with Crippen LogP contribution in [-0.4, -0.2) is 14.5 Å². The third-order valence-corrected chi connectivity index (χ3v) is 6.70. The van der Waals surface area contributed by atoms with Crippen LogP contribution in [0.15, 0.2) is 102 Å². The Morgan fingerprint density at radius 2 is 1.68 bits per heavy atom. The molecule has 0 aliphatic heterocycles. The minimum Gasteiger partial charge on any atom is -0.588 e. The summed E-state index contributed by atoms with van der Waals surface area (Å²) in [7, 11) is 0. The fourth-order valence-corrected chi connectivity index (χ4v) is 4.81. The van der Waals surface area contributed by atoms with Crippen molar-refractivity contribution in [3.63, 3.8) is 0 Å². The molecule has 5 nitrogen and oxygen atoms in total. The molecular formula is C24H17N3O2S2. The summed E-state index contributed by atoms with van der Waals surface area (Å²) in [5.41, 5.74) is 2.65. The molecule has 0 radical (unpaired) electrons. The van der Waals surface area contributed by atoms with E-state index < -0.39 is 11.4 Å². The molecule has 0 spiro atoms. The van der Waals surface area contributed by atoms with Gasteiger partial charge in [-0.15, -0.1) is 11.3 Å². The number of hydrogen-bond acceptors (Lipinski definition) is 6. The molecule has 0 saturated carbocycles. The Morgan fingerprint density at radius 3 is 2.48 bits per heavy atom. The summed E-state index contributed by atoms with van der Waals surface area (Å²) >= 11 is 0.184. The third-order valence-electron chi connectivity index (χ3n) is 4.53. The Labute approximate surface area is 186 Å². The average Bonchev–Trinajstić information content (AvgIpc) is 3.25. The first-order valence-corrected chi connectivity index (χ1v) is 11.5. The van der Waals surface area contributed by atoms with Crippen molar-refractivity contribution in [2.24, 2.45) is 0 Å². The van der Waals surface area contributed by atoms with Crippen molar-refractivity contribution < 1.29 is 9.29 Å². The minimum atomic E-state index is -1.40. The van der Waals surface area contributed by atoms with E-state index in [1.807, 2.05) is 79.0 Å². The lowest BCUT2D eigenvalue weighted by Crippen LogP contribution is -2.12. The summed E-state index contributed by atoms with van der Waals surface area (Å²) in [4.78, 5) is 9.48. The van der Waals surface area contributed by atoms with Crippen LogP contribution in [0.2, 0.25) is 0 Å². The van der Waals surface area contributed by atoms with Gasteiger partial charge in [0, 0.05) is 18.0 Å². The van der Waals surface area contributed by atoms with Crippen LogP contribution in [0.1, 0.15) is 0 Å². The molecule has 152 valence electrons. The maximum atomic E-state index is 12.8. The van der Waals surface area contributed by atoms with Crippen molar-refractivity contribution in [1.82, 2.24) is 9.97 Å². The molecule has 0 aliphatic rings. The van der Waals surface area contributed by atoms with Crippen LogP contribution in [0.25, 0.3) is 20.8 Å². The molecule has 0 aliphatic carbocycles. The van der Waals surface area contributed by atoms with Crippen molar-refractivity contribution in [2.45, 2.75) is 4.90 Å². The van der Waals surface area contributed by atoms with E-state index in [4.69, 9.17) is 4.74 Å². The van der Waals surface area contributed by atoms with Crippen LogP contribution in [0, 0.1) is 0 Å². The Morgan fingerprint density at radius 1 is 0.871 bits per heavy atom. The number of nitrogens with zero attached hydrogens (tertiary/aromatic N) is 2. The second-order valence-electron chi connectivity index (χ2n) is 6.70. The number of hydrogen-bond donors (Lipinski definition) is 1. The van der Waals surface area contributed by atoms with E-state index in [-0.39, 0.29) is 0 Å². The molecule has 7 heteroatoms. The highest BCUT2D eigenvalue weighted by atomic mass is 32.2. The molecule has 0 saturated heterocycles. The highest BCUT2D eigenvalue weighted by molar-refractivity contribution is 7.92. The van der Waals surface area contributed by atoms with E-state index >= 15 is 0 Å². The predicted octanol–water partition coefficient (Wildman–Crippen LogP) is 6.29. The highest BCUT2D eigenvalue weighted by Crippen LogP contribution is 2.31.